The molecule has 0 fully saturated rings. The molecular formula is C8H10ClNO2S. The van der Waals surface area contributed by atoms with Gasteiger partial charge in [-0.3, -0.25) is 4.79 Å². The maximum absolute atomic E-state index is 10.8. The van der Waals surface area contributed by atoms with Crippen LogP contribution in [-0.2, 0) is 4.79 Å². The molecule has 13 heavy (non-hydrogen) atoms. The summed E-state index contributed by atoms with van der Waals surface area (Å²) in [7, 11) is 0. The van der Waals surface area contributed by atoms with Crippen molar-refractivity contribution in [1.82, 2.24) is 0 Å². The maximum atomic E-state index is 10.8. The first-order valence-electron chi connectivity index (χ1n) is 3.75. The molecule has 1 aromatic rings. The lowest BCUT2D eigenvalue weighted by Crippen LogP contribution is -2.20. The summed E-state index contributed by atoms with van der Waals surface area (Å²) in [6.07, 6.45) is 0. The van der Waals surface area contributed by atoms with Crippen molar-refractivity contribution in [2.24, 2.45) is 5.73 Å². The van der Waals surface area contributed by atoms with E-state index in [0.29, 0.717) is 9.90 Å². The average Bonchev–Trinajstić information content (AvgIpc) is 2.31. The molecule has 0 saturated carbocycles. The van der Waals surface area contributed by atoms with E-state index in [1.54, 1.807) is 6.07 Å². The summed E-state index contributed by atoms with van der Waals surface area (Å²) in [5.74, 6) is -1.60. The van der Waals surface area contributed by atoms with Crippen molar-refractivity contribution in [2.45, 2.75) is 12.8 Å². The van der Waals surface area contributed by atoms with Gasteiger partial charge < -0.3 is 10.8 Å². The van der Waals surface area contributed by atoms with Crippen LogP contribution in [0.1, 0.15) is 15.7 Å². The molecule has 0 aromatic carbocycles. The Hall–Kier alpha value is -0.580. The Balaban J connectivity index is 3.04. The molecule has 3 nitrogen and oxygen atoms in total. The number of carboxylic acids is 1. The molecule has 0 saturated heterocycles. The summed E-state index contributed by atoms with van der Waals surface area (Å²) < 4.78 is 0. The lowest BCUT2D eigenvalue weighted by atomic mass is 10.1. The van der Waals surface area contributed by atoms with Gasteiger partial charge in [0.25, 0.3) is 0 Å². The van der Waals surface area contributed by atoms with E-state index in [2.05, 4.69) is 0 Å². The summed E-state index contributed by atoms with van der Waals surface area (Å²) >= 11 is 7.24. The van der Waals surface area contributed by atoms with Crippen LogP contribution in [0.15, 0.2) is 6.07 Å². The zero-order chi connectivity index (χ0) is 10.0. The number of aryl methyl sites for hydroxylation is 1. The van der Waals surface area contributed by atoms with Crippen LogP contribution in [0.4, 0.5) is 0 Å². The first kappa shape index (κ1) is 10.5. The number of hydrogen-bond donors (Lipinski definition) is 2. The predicted molar refractivity (Wildman–Crippen MR) is 53.5 cm³/mol. The smallest absolute Gasteiger partial charge is 0.313 e. The first-order chi connectivity index (χ1) is 6.06. The fourth-order valence-electron chi connectivity index (χ4n) is 1.06. The summed E-state index contributed by atoms with van der Waals surface area (Å²) in [6.45, 7) is 1.96. The van der Waals surface area contributed by atoms with Crippen LogP contribution >= 0.6 is 22.9 Å². The van der Waals surface area contributed by atoms with Crippen LogP contribution < -0.4 is 5.73 Å². The molecule has 0 aliphatic rings. The Morgan fingerprint density at radius 2 is 2.46 bits per heavy atom. The minimum absolute atomic E-state index is 0.0784. The average molecular weight is 220 g/mol. The molecule has 72 valence electrons. The molecule has 0 aliphatic heterocycles. The number of thiophene rings is 1. The molecule has 0 bridgehead atoms. The van der Waals surface area contributed by atoms with E-state index in [0.717, 1.165) is 4.88 Å². The quantitative estimate of drug-likeness (QED) is 0.816. The lowest BCUT2D eigenvalue weighted by Gasteiger charge is -2.06. The Morgan fingerprint density at radius 3 is 2.77 bits per heavy atom. The number of carbonyl (C=O) groups is 1. The highest BCUT2D eigenvalue weighted by molar-refractivity contribution is 7.12. The van der Waals surface area contributed by atoms with E-state index in [4.69, 9.17) is 22.4 Å². The van der Waals surface area contributed by atoms with Gasteiger partial charge in [-0.25, -0.2) is 0 Å². The largest absolute Gasteiger partial charge is 0.481 e. The second-order valence-corrected chi connectivity index (χ2v) is 4.39. The fourth-order valence-corrected chi connectivity index (χ4v) is 2.55. The van der Waals surface area contributed by atoms with E-state index in [-0.39, 0.29) is 6.54 Å². The van der Waals surface area contributed by atoms with Crippen LogP contribution in [0.3, 0.4) is 0 Å². The minimum Gasteiger partial charge on any atom is -0.481 e. The third-order valence-corrected chi connectivity index (χ3v) is 3.28. The molecule has 1 heterocycles. The Morgan fingerprint density at radius 1 is 1.85 bits per heavy atom. The third-order valence-electron chi connectivity index (χ3n) is 1.69. The van der Waals surface area contributed by atoms with Crippen molar-refractivity contribution >= 4 is 28.9 Å². The van der Waals surface area contributed by atoms with Crippen LogP contribution in [0, 0.1) is 6.92 Å². The zero-order valence-electron chi connectivity index (χ0n) is 7.08. The Kier molecular flexibility index (Phi) is 3.30. The van der Waals surface area contributed by atoms with Crippen LogP contribution in [0.25, 0.3) is 0 Å². The van der Waals surface area contributed by atoms with Gasteiger partial charge in [-0.05, 0) is 13.0 Å². The van der Waals surface area contributed by atoms with Gasteiger partial charge in [-0.1, -0.05) is 11.6 Å². The molecule has 0 spiro atoms. The molecule has 1 unspecified atom stereocenters. The number of carboxylic acid groups (broad SMARTS) is 1. The normalized spacial score (nSPS) is 12.8. The second-order valence-electron chi connectivity index (χ2n) is 2.70. The topological polar surface area (TPSA) is 63.3 Å². The molecule has 1 aromatic heterocycles. The molecule has 5 heteroatoms. The van der Waals surface area contributed by atoms with Gasteiger partial charge in [0.1, 0.15) is 5.92 Å². The number of rotatable bonds is 3. The molecule has 0 radical (unpaired) electrons. The van der Waals surface area contributed by atoms with Crippen molar-refractivity contribution in [2.75, 3.05) is 6.54 Å². The van der Waals surface area contributed by atoms with Crippen molar-refractivity contribution in [1.29, 1.82) is 0 Å². The van der Waals surface area contributed by atoms with E-state index in [1.807, 2.05) is 6.92 Å². The zero-order valence-corrected chi connectivity index (χ0v) is 8.65. The molecular weight excluding hydrogens is 210 g/mol. The monoisotopic (exact) mass is 219 g/mol. The van der Waals surface area contributed by atoms with E-state index in [1.165, 1.54) is 11.3 Å². The van der Waals surface area contributed by atoms with Crippen molar-refractivity contribution in [3.8, 4) is 0 Å². The number of aliphatic carboxylic acids is 1. The van der Waals surface area contributed by atoms with Crippen LogP contribution in [0.2, 0.25) is 5.02 Å². The highest BCUT2D eigenvalue weighted by atomic mass is 35.5. The van der Waals surface area contributed by atoms with Crippen molar-refractivity contribution < 1.29 is 9.90 Å². The van der Waals surface area contributed by atoms with Gasteiger partial charge in [0.2, 0.25) is 0 Å². The fraction of sp³-hybridized carbons (Fsp3) is 0.375. The van der Waals surface area contributed by atoms with Gasteiger partial charge in [0, 0.05) is 16.3 Å². The van der Waals surface area contributed by atoms with Crippen molar-refractivity contribution in [3.63, 3.8) is 0 Å². The predicted octanol–water partition coefficient (Wildman–Crippen LogP) is 1.84. The van der Waals surface area contributed by atoms with Crippen molar-refractivity contribution in [3.05, 3.63) is 20.8 Å². The van der Waals surface area contributed by atoms with Gasteiger partial charge in [-0.2, -0.15) is 0 Å². The second kappa shape index (κ2) is 4.09. The SMILES string of the molecule is Cc1cc(Cl)c(C(CN)C(=O)O)s1. The third kappa shape index (κ3) is 2.21. The first-order valence-corrected chi connectivity index (χ1v) is 4.94. The van der Waals surface area contributed by atoms with Gasteiger partial charge in [-0.15, -0.1) is 11.3 Å². The molecule has 3 N–H and O–H groups in total. The molecule has 0 amide bonds. The van der Waals surface area contributed by atoms with E-state index in [9.17, 15) is 4.79 Å². The maximum Gasteiger partial charge on any atom is 0.313 e. The molecule has 0 aliphatic carbocycles. The lowest BCUT2D eigenvalue weighted by molar-refractivity contribution is -0.138. The van der Waals surface area contributed by atoms with E-state index < -0.39 is 11.9 Å². The van der Waals surface area contributed by atoms with E-state index >= 15 is 0 Å². The van der Waals surface area contributed by atoms with Crippen LogP contribution in [-0.4, -0.2) is 17.6 Å². The number of hydrogen-bond acceptors (Lipinski definition) is 3. The Bertz CT molecular complexity index is 324. The van der Waals surface area contributed by atoms with Gasteiger partial charge in [0.15, 0.2) is 0 Å². The number of halogens is 1. The summed E-state index contributed by atoms with van der Waals surface area (Å²) in [5.41, 5.74) is 5.35. The Labute approximate surface area is 85.1 Å². The number of nitrogens with two attached hydrogens (primary N) is 1. The standard InChI is InChI=1S/C8H10ClNO2S/c1-4-2-6(9)7(13-4)5(3-10)8(11)12/h2,5H,3,10H2,1H3,(H,11,12). The van der Waals surface area contributed by atoms with Gasteiger partial charge in [0.05, 0.1) is 5.02 Å². The molecule has 1 rings (SSSR count). The molecule has 1 atom stereocenters. The summed E-state index contributed by atoms with van der Waals surface area (Å²) in [5, 5.41) is 9.33. The highest BCUT2D eigenvalue weighted by Crippen LogP contribution is 2.32. The van der Waals surface area contributed by atoms with Gasteiger partial charge >= 0.3 is 5.97 Å². The summed E-state index contributed by atoms with van der Waals surface area (Å²) in [4.78, 5) is 12.4. The highest BCUT2D eigenvalue weighted by Gasteiger charge is 2.22. The minimum atomic E-state index is -0.925. The van der Waals surface area contributed by atoms with Crippen LogP contribution in [0.5, 0.6) is 0 Å². The summed E-state index contributed by atoms with van der Waals surface area (Å²) in [6, 6.07) is 1.76.